The SMILES string of the molecule is CC[C@H](N)c1ccc(Oc2ccc(C(N)=O)cc2)cn1. The van der Waals surface area contributed by atoms with Crippen molar-refractivity contribution in [3.63, 3.8) is 0 Å². The number of ether oxygens (including phenoxy) is 1. The number of carbonyl (C=O) groups excluding carboxylic acids is 1. The third-order valence-corrected chi connectivity index (χ3v) is 2.95. The molecule has 0 spiro atoms. The Bertz CT molecular complexity index is 579. The topological polar surface area (TPSA) is 91.2 Å². The Morgan fingerprint density at radius 3 is 2.35 bits per heavy atom. The van der Waals surface area contributed by atoms with Gasteiger partial charge >= 0.3 is 0 Å². The van der Waals surface area contributed by atoms with E-state index in [0.717, 1.165) is 12.1 Å². The van der Waals surface area contributed by atoms with Gasteiger partial charge in [-0.2, -0.15) is 0 Å². The Morgan fingerprint density at radius 2 is 1.85 bits per heavy atom. The highest BCUT2D eigenvalue weighted by molar-refractivity contribution is 5.92. The highest BCUT2D eigenvalue weighted by atomic mass is 16.5. The molecule has 0 radical (unpaired) electrons. The maximum atomic E-state index is 11.0. The van der Waals surface area contributed by atoms with Crippen molar-refractivity contribution in [2.24, 2.45) is 11.5 Å². The minimum atomic E-state index is -0.462. The summed E-state index contributed by atoms with van der Waals surface area (Å²) in [6, 6.07) is 10.2. The van der Waals surface area contributed by atoms with Gasteiger partial charge in [-0.15, -0.1) is 0 Å². The van der Waals surface area contributed by atoms with E-state index in [4.69, 9.17) is 16.2 Å². The number of amides is 1. The summed E-state index contributed by atoms with van der Waals surface area (Å²) in [4.78, 5) is 15.2. The third kappa shape index (κ3) is 3.33. The fourth-order valence-corrected chi connectivity index (χ4v) is 1.70. The summed E-state index contributed by atoms with van der Waals surface area (Å²) in [7, 11) is 0. The van der Waals surface area contributed by atoms with Crippen LogP contribution < -0.4 is 16.2 Å². The van der Waals surface area contributed by atoms with Crippen LogP contribution in [-0.4, -0.2) is 10.9 Å². The van der Waals surface area contributed by atoms with Crippen LogP contribution >= 0.6 is 0 Å². The quantitative estimate of drug-likeness (QED) is 0.873. The van der Waals surface area contributed by atoms with Gasteiger partial charge in [0.05, 0.1) is 11.9 Å². The normalized spacial score (nSPS) is 11.9. The monoisotopic (exact) mass is 271 g/mol. The van der Waals surface area contributed by atoms with Crippen molar-refractivity contribution in [1.29, 1.82) is 0 Å². The van der Waals surface area contributed by atoms with Crippen LogP contribution in [0, 0.1) is 0 Å². The first kappa shape index (κ1) is 14.0. The predicted octanol–water partition coefficient (Wildman–Crippen LogP) is 2.38. The van der Waals surface area contributed by atoms with Gasteiger partial charge in [0.1, 0.15) is 11.5 Å². The number of nitrogens with two attached hydrogens (primary N) is 2. The van der Waals surface area contributed by atoms with E-state index < -0.39 is 5.91 Å². The summed E-state index contributed by atoms with van der Waals surface area (Å²) >= 11 is 0. The molecule has 2 rings (SSSR count). The summed E-state index contributed by atoms with van der Waals surface area (Å²) in [6.45, 7) is 2.01. The molecule has 1 amide bonds. The van der Waals surface area contributed by atoms with Gasteiger partial charge in [0.25, 0.3) is 0 Å². The maximum absolute atomic E-state index is 11.0. The van der Waals surface area contributed by atoms with Gasteiger partial charge in [-0.25, -0.2) is 0 Å². The van der Waals surface area contributed by atoms with Gasteiger partial charge in [0.15, 0.2) is 0 Å². The Balaban J connectivity index is 2.08. The van der Waals surface area contributed by atoms with Crippen molar-refractivity contribution in [2.75, 3.05) is 0 Å². The number of carbonyl (C=O) groups is 1. The van der Waals surface area contributed by atoms with Crippen molar-refractivity contribution < 1.29 is 9.53 Å². The maximum Gasteiger partial charge on any atom is 0.248 e. The van der Waals surface area contributed by atoms with E-state index in [2.05, 4.69) is 4.98 Å². The van der Waals surface area contributed by atoms with Crippen LogP contribution in [-0.2, 0) is 0 Å². The fourth-order valence-electron chi connectivity index (χ4n) is 1.70. The van der Waals surface area contributed by atoms with E-state index in [0.29, 0.717) is 17.1 Å². The predicted molar refractivity (Wildman–Crippen MR) is 76.5 cm³/mol. The van der Waals surface area contributed by atoms with E-state index >= 15 is 0 Å². The molecule has 0 aliphatic heterocycles. The zero-order valence-corrected chi connectivity index (χ0v) is 11.2. The first-order valence-corrected chi connectivity index (χ1v) is 6.39. The van der Waals surface area contributed by atoms with E-state index in [1.165, 1.54) is 0 Å². The van der Waals surface area contributed by atoms with Crippen LogP contribution in [0.5, 0.6) is 11.5 Å². The Morgan fingerprint density at radius 1 is 1.20 bits per heavy atom. The molecule has 1 aromatic carbocycles. The molecule has 2 aromatic rings. The number of primary amides is 1. The average Bonchev–Trinajstić information content (AvgIpc) is 2.48. The minimum Gasteiger partial charge on any atom is -0.456 e. The lowest BCUT2D eigenvalue weighted by Crippen LogP contribution is -2.10. The van der Waals surface area contributed by atoms with Gasteiger partial charge in [0, 0.05) is 11.6 Å². The molecule has 0 fully saturated rings. The highest BCUT2D eigenvalue weighted by Gasteiger charge is 2.06. The molecule has 0 saturated carbocycles. The molecule has 5 nitrogen and oxygen atoms in total. The van der Waals surface area contributed by atoms with Crippen LogP contribution in [0.4, 0.5) is 0 Å². The summed E-state index contributed by atoms with van der Waals surface area (Å²) < 4.78 is 5.63. The molecule has 104 valence electrons. The standard InChI is InChI=1S/C15H17N3O2/c1-2-13(16)14-8-7-12(9-18-14)20-11-5-3-10(4-6-11)15(17)19/h3-9,13H,2,16H2,1H3,(H2,17,19)/t13-/m0/s1. The molecular weight excluding hydrogens is 254 g/mol. The molecule has 1 heterocycles. The number of nitrogens with zero attached hydrogens (tertiary/aromatic N) is 1. The van der Waals surface area contributed by atoms with Crippen LogP contribution in [0.15, 0.2) is 42.6 Å². The van der Waals surface area contributed by atoms with Crippen LogP contribution in [0.3, 0.4) is 0 Å². The number of benzene rings is 1. The van der Waals surface area contributed by atoms with Gasteiger partial charge in [0.2, 0.25) is 5.91 Å². The lowest BCUT2D eigenvalue weighted by atomic mass is 10.1. The lowest BCUT2D eigenvalue weighted by Gasteiger charge is -2.09. The van der Waals surface area contributed by atoms with Crippen molar-refractivity contribution in [2.45, 2.75) is 19.4 Å². The summed E-state index contributed by atoms with van der Waals surface area (Å²) in [5.74, 6) is 0.768. The van der Waals surface area contributed by atoms with Gasteiger partial charge in [-0.05, 0) is 42.8 Å². The molecule has 1 aromatic heterocycles. The van der Waals surface area contributed by atoms with Crippen molar-refractivity contribution in [3.8, 4) is 11.5 Å². The van der Waals surface area contributed by atoms with E-state index in [1.807, 2.05) is 19.1 Å². The molecule has 4 N–H and O–H groups in total. The van der Waals surface area contributed by atoms with Crippen molar-refractivity contribution in [1.82, 2.24) is 4.98 Å². The smallest absolute Gasteiger partial charge is 0.248 e. The van der Waals surface area contributed by atoms with Crippen LogP contribution in [0.25, 0.3) is 0 Å². The number of hydrogen-bond donors (Lipinski definition) is 2. The summed E-state index contributed by atoms with van der Waals surface area (Å²) in [5.41, 5.74) is 12.3. The van der Waals surface area contributed by atoms with E-state index in [-0.39, 0.29) is 6.04 Å². The number of hydrogen-bond acceptors (Lipinski definition) is 4. The minimum absolute atomic E-state index is 0.0566. The van der Waals surface area contributed by atoms with Gasteiger partial charge in [-0.1, -0.05) is 6.92 Å². The number of rotatable bonds is 5. The Labute approximate surface area is 117 Å². The molecule has 5 heteroatoms. The second-order valence-electron chi connectivity index (χ2n) is 4.42. The molecule has 0 unspecified atom stereocenters. The molecule has 0 aliphatic rings. The lowest BCUT2D eigenvalue weighted by molar-refractivity contribution is 0.100. The van der Waals surface area contributed by atoms with E-state index in [1.54, 1.807) is 30.5 Å². The second kappa shape index (κ2) is 6.16. The zero-order chi connectivity index (χ0) is 14.5. The van der Waals surface area contributed by atoms with Crippen molar-refractivity contribution in [3.05, 3.63) is 53.9 Å². The first-order valence-electron chi connectivity index (χ1n) is 6.39. The highest BCUT2D eigenvalue weighted by Crippen LogP contribution is 2.22. The molecule has 20 heavy (non-hydrogen) atoms. The molecule has 0 aliphatic carbocycles. The fraction of sp³-hybridized carbons (Fsp3) is 0.200. The number of aromatic nitrogens is 1. The summed E-state index contributed by atoms with van der Waals surface area (Å²) in [5, 5.41) is 0. The van der Waals surface area contributed by atoms with Gasteiger partial charge in [-0.3, -0.25) is 9.78 Å². The largest absolute Gasteiger partial charge is 0.456 e. The molecule has 0 bridgehead atoms. The molecule has 0 saturated heterocycles. The van der Waals surface area contributed by atoms with Crippen LogP contribution in [0.2, 0.25) is 0 Å². The second-order valence-corrected chi connectivity index (χ2v) is 4.42. The average molecular weight is 271 g/mol. The Hall–Kier alpha value is -2.40. The van der Waals surface area contributed by atoms with E-state index in [9.17, 15) is 4.79 Å². The molecule has 1 atom stereocenters. The summed E-state index contributed by atoms with van der Waals surface area (Å²) in [6.07, 6.45) is 2.47. The Kier molecular flexibility index (Phi) is 4.32. The van der Waals surface area contributed by atoms with Crippen LogP contribution in [0.1, 0.15) is 35.4 Å². The van der Waals surface area contributed by atoms with Crippen molar-refractivity contribution >= 4 is 5.91 Å². The third-order valence-electron chi connectivity index (χ3n) is 2.95. The first-order chi connectivity index (χ1) is 9.60. The molecular formula is C15H17N3O2. The number of pyridine rings is 1. The zero-order valence-electron chi connectivity index (χ0n) is 11.2. The van der Waals surface area contributed by atoms with Gasteiger partial charge < -0.3 is 16.2 Å².